The maximum absolute atomic E-state index is 12.7. The fraction of sp³-hybridized carbons (Fsp3) is 0.250. The SMILES string of the molecule is COc1ccc(OC)c(C(=O)COC(=O)[C@@H](Cc2ccccc2)n2cnnn2)c1. The van der Waals surface area contributed by atoms with Gasteiger partial charge in [0.05, 0.1) is 19.8 Å². The lowest BCUT2D eigenvalue weighted by atomic mass is 10.1. The Morgan fingerprint density at radius 2 is 1.86 bits per heavy atom. The molecule has 0 N–H and O–H groups in total. The number of Topliss-reactive ketones (excluding diaryl/α,β-unsaturated/α-hetero) is 1. The summed E-state index contributed by atoms with van der Waals surface area (Å²) < 4.78 is 17.0. The molecule has 0 spiro atoms. The van der Waals surface area contributed by atoms with Gasteiger partial charge in [-0.15, -0.1) is 5.10 Å². The zero-order valence-corrected chi connectivity index (χ0v) is 16.0. The lowest BCUT2D eigenvalue weighted by Crippen LogP contribution is -2.27. The Kier molecular flexibility index (Phi) is 6.51. The number of aromatic nitrogens is 4. The molecule has 9 heteroatoms. The van der Waals surface area contributed by atoms with Gasteiger partial charge < -0.3 is 14.2 Å². The number of carbonyl (C=O) groups is 2. The quantitative estimate of drug-likeness (QED) is 0.399. The van der Waals surface area contributed by atoms with Crippen LogP contribution in [0.15, 0.2) is 54.9 Å². The highest BCUT2D eigenvalue weighted by atomic mass is 16.5. The first-order chi connectivity index (χ1) is 14.1. The Balaban J connectivity index is 1.72. The lowest BCUT2D eigenvalue weighted by Gasteiger charge is -2.16. The molecule has 0 amide bonds. The van der Waals surface area contributed by atoms with Gasteiger partial charge in [-0.05, 0) is 34.2 Å². The molecule has 9 nitrogen and oxygen atoms in total. The normalized spacial score (nSPS) is 11.5. The standard InChI is InChI=1S/C20H20N4O5/c1-27-15-8-9-19(28-2)16(11-15)18(25)12-29-20(26)17(24-13-21-22-23-24)10-14-6-4-3-5-7-14/h3-9,11,13,17H,10,12H2,1-2H3/t17-/m1/s1. The molecule has 1 heterocycles. The van der Waals surface area contributed by atoms with Crippen LogP contribution >= 0.6 is 0 Å². The van der Waals surface area contributed by atoms with Gasteiger partial charge in [-0.1, -0.05) is 30.3 Å². The molecule has 150 valence electrons. The molecule has 2 aromatic carbocycles. The Morgan fingerprint density at radius 1 is 1.07 bits per heavy atom. The molecule has 3 aromatic rings. The maximum Gasteiger partial charge on any atom is 0.331 e. The number of benzene rings is 2. The average Bonchev–Trinajstić information content (AvgIpc) is 3.30. The smallest absolute Gasteiger partial charge is 0.331 e. The highest BCUT2D eigenvalue weighted by Gasteiger charge is 2.25. The van der Waals surface area contributed by atoms with Gasteiger partial charge in [0.2, 0.25) is 5.78 Å². The van der Waals surface area contributed by atoms with Crippen molar-refractivity contribution in [2.45, 2.75) is 12.5 Å². The van der Waals surface area contributed by atoms with E-state index in [1.54, 1.807) is 12.1 Å². The van der Waals surface area contributed by atoms with Gasteiger partial charge in [0.15, 0.2) is 12.6 Å². The monoisotopic (exact) mass is 396 g/mol. The third kappa shape index (κ3) is 4.95. The molecule has 0 saturated carbocycles. The molecule has 0 fully saturated rings. The largest absolute Gasteiger partial charge is 0.497 e. The summed E-state index contributed by atoms with van der Waals surface area (Å²) in [5.41, 5.74) is 1.17. The van der Waals surface area contributed by atoms with Crippen LogP contribution in [0.4, 0.5) is 0 Å². The molecule has 0 aliphatic carbocycles. The van der Waals surface area contributed by atoms with Crippen molar-refractivity contribution in [3.63, 3.8) is 0 Å². The van der Waals surface area contributed by atoms with E-state index in [0.29, 0.717) is 17.9 Å². The van der Waals surface area contributed by atoms with Crippen molar-refractivity contribution in [2.24, 2.45) is 0 Å². The summed E-state index contributed by atoms with van der Waals surface area (Å²) in [4.78, 5) is 25.3. The number of ether oxygens (including phenoxy) is 3. The summed E-state index contributed by atoms with van der Waals surface area (Å²) in [6, 6.07) is 13.4. The van der Waals surface area contributed by atoms with Crippen molar-refractivity contribution >= 4 is 11.8 Å². The third-order valence-corrected chi connectivity index (χ3v) is 4.28. The minimum Gasteiger partial charge on any atom is -0.497 e. The van der Waals surface area contributed by atoms with E-state index in [0.717, 1.165) is 5.56 Å². The van der Waals surface area contributed by atoms with Gasteiger partial charge in [0.25, 0.3) is 0 Å². The summed E-state index contributed by atoms with van der Waals surface area (Å²) >= 11 is 0. The van der Waals surface area contributed by atoms with E-state index in [1.165, 1.54) is 31.3 Å². The van der Waals surface area contributed by atoms with Crippen LogP contribution in [0.3, 0.4) is 0 Å². The first-order valence-corrected chi connectivity index (χ1v) is 8.80. The second kappa shape index (κ2) is 9.45. The van der Waals surface area contributed by atoms with E-state index in [-0.39, 0.29) is 5.56 Å². The number of carbonyl (C=O) groups excluding carboxylic acids is 2. The van der Waals surface area contributed by atoms with Crippen LogP contribution in [0.1, 0.15) is 22.0 Å². The summed E-state index contributed by atoms with van der Waals surface area (Å²) in [7, 11) is 2.95. The fourth-order valence-corrected chi connectivity index (χ4v) is 2.78. The van der Waals surface area contributed by atoms with E-state index in [4.69, 9.17) is 14.2 Å². The van der Waals surface area contributed by atoms with Crippen molar-refractivity contribution in [2.75, 3.05) is 20.8 Å². The molecular weight excluding hydrogens is 376 g/mol. The summed E-state index contributed by atoms with van der Waals surface area (Å²) in [5, 5.41) is 11.0. The van der Waals surface area contributed by atoms with Crippen molar-refractivity contribution < 1.29 is 23.8 Å². The first kappa shape index (κ1) is 20.0. The Bertz CT molecular complexity index is 960. The lowest BCUT2D eigenvalue weighted by molar-refractivity contribution is -0.146. The Morgan fingerprint density at radius 3 is 2.52 bits per heavy atom. The van der Waals surface area contributed by atoms with Crippen molar-refractivity contribution in [3.05, 3.63) is 66.0 Å². The van der Waals surface area contributed by atoms with Crippen LogP contribution in [-0.2, 0) is 16.0 Å². The molecule has 29 heavy (non-hydrogen) atoms. The van der Waals surface area contributed by atoms with Crippen LogP contribution in [0, 0.1) is 0 Å². The molecule has 0 unspecified atom stereocenters. The van der Waals surface area contributed by atoms with E-state index < -0.39 is 24.4 Å². The highest BCUT2D eigenvalue weighted by Crippen LogP contribution is 2.24. The number of tetrazole rings is 1. The average molecular weight is 396 g/mol. The Labute approximate surface area is 167 Å². The molecular formula is C20H20N4O5. The van der Waals surface area contributed by atoms with Crippen LogP contribution in [0.5, 0.6) is 11.5 Å². The minimum absolute atomic E-state index is 0.265. The summed E-state index contributed by atoms with van der Waals surface area (Å²) in [5.74, 6) is -0.162. The van der Waals surface area contributed by atoms with Crippen LogP contribution < -0.4 is 9.47 Å². The molecule has 0 saturated heterocycles. The number of methoxy groups -OCH3 is 2. The van der Waals surface area contributed by atoms with Gasteiger partial charge in [-0.2, -0.15) is 0 Å². The number of hydrogen-bond acceptors (Lipinski definition) is 8. The minimum atomic E-state index is -0.799. The van der Waals surface area contributed by atoms with Crippen molar-refractivity contribution in [1.29, 1.82) is 0 Å². The molecule has 0 radical (unpaired) electrons. The molecule has 1 atom stereocenters. The number of ketones is 1. The number of nitrogens with zero attached hydrogens (tertiary/aromatic N) is 4. The van der Waals surface area contributed by atoms with Crippen LogP contribution in [-0.4, -0.2) is 52.8 Å². The van der Waals surface area contributed by atoms with Crippen LogP contribution in [0.2, 0.25) is 0 Å². The van der Waals surface area contributed by atoms with Gasteiger partial charge in [-0.3, -0.25) is 4.79 Å². The number of rotatable bonds is 9. The van der Waals surface area contributed by atoms with E-state index in [1.807, 2.05) is 30.3 Å². The predicted octanol–water partition coefficient (Wildman–Crippen LogP) is 1.90. The fourth-order valence-electron chi connectivity index (χ4n) is 2.78. The van der Waals surface area contributed by atoms with Gasteiger partial charge >= 0.3 is 5.97 Å². The second-order valence-electron chi connectivity index (χ2n) is 6.09. The zero-order chi connectivity index (χ0) is 20.6. The zero-order valence-electron chi connectivity index (χ0n) is 16.0. The molecule has 1 aromatic heterocycles. The number of esters is 1. The first-order valence-electron chi connectivity index (χ1n) is 8.80. The molecule has 0 aliphatic rings. The Hall–Kier alpha value is -3.75. The van der Waals surface area contributed by atoms with Gasteiger partial charge in [-0.25, -0.2) is 9.48 Å². The maximum atomic E-state index is 12.7. The van der Waals surface area contributed by atoms with E-state index in [9.17, 15) is 9.59 Å². The molecule has 0 bridgehead atoms. The van der Waals surface area contributed by atoms with Gasteiger partial charge in [0, 0.05) is 6.42 Å². The molecule has 0 aliphatic heterocycles. The van der Waals surface area contributed by atoms with Gasteiger partial charge in [0.1, 0.15) is 17.8 Å². The van der Waals surface area contributed by atoms with E-state index >= 15 is 0 Å². The second-order valence-corrected chi connectivity index (χ2v) is 6.09. The van der Waals surface area contributed by atoms with E-state index in [2.05, 4.69) is 15.5 Å². The number of hydrogen-bond donors (Lipinski definition) is 0. The van der Waals surface area contributed by atoms with Crippen molar-refractivity contribution in [3.8, 4) is 11.5 Å². The third-order valence-electron chi connectivity index (χ3n) is 4.28. The predicted molar refractivity (Wildman–Crippen MR) is 102 cm³/mol. The summed E-state index contributed by atoms with van der Waals surface area (Å²) in [6.07, 6.45) is 1.66. The topological polar surface area (TPSA) is 105 Å². The molecule has 3 rings (SSSR count). The summed E-state index contributed by atoms with van der Waals surface area (Å²) in [6.45, 7) is -0.449. The van der Waals surface area contributed by atoms with Crippen molar-refractivity contribution in [1.82, 2.24) is 20.2 Å². The highest BCUT2D eigenvalue weighted by molar-refractivity contribution is 6.00. The van der Waals surface area contributed by atoms with Crippen LogP contribution in [0.25, 0.3) is 0 Å².